The molecule has 1 aromatic carbocycles. The second-order valence-electron chi connectivity index (χ2n) is 5.79. The lowest BCUT2D eigenvalue weighted by molar-refractivity contribution is 0.318. The molecule has 1 rings (SSSR count). The molecule has 0 aliphatic rings. The third kappa shape index (κ3) is 3.86. The van der Waals surface area contributed by atoms with Crippen LogP contribution < -0.4 is 10.0 Å². The Hall–Kier alpha value is -1.76. The maximum atomic E-state index is 12.4. The summed E-state index contributed by atoms with van der Waals surface area (Å²) in [5.74, 6) is -0.125. The van der Waals surface area contributed by atoms with Crippen LogP contribution in [0.1, 0.15) is 26.3 Å². The van der Waals surface area contributed by atoms with Crippen molar-refractivity contribution >= 4 is 21.5 Å². The van der Waals surface area contributed by atoms with Crippen molar-refractivity contribution in [2.24, 2.45) is 16.3 Å². The highest BCUT2D eigenvalue weighted by Gasteiger charge is 2.27. The topological polar surface area (TPSA) is 96.0 Å². The second-order valence-corrected chi connectivity index (χ2v) is 7.79. The van der Waals surface area contributed by atoms with Crippen LogP contribution in [-0.4, -0.2) is 32.3 Å². The molecule has 20 heavy (non-hydrogen) atoms. The van der Waals surface area contributed by atoms with Gasteiger partial charge in [0, 0.05) is 12.6 Å². The number of rotatable bonds is 4. The molecule has 3 N–H and O–H groups in total. The van der Waals surface area contributed by atoms with E-state index in [-0.39, 0.29) is 17.0 Å². The Morgan fingerprint density at radius 3 is 2.40 bits per heavy atom. The zero-order valence-corrected chi connectivity index (χ0v) is 13.0. The molecular weight excluding hydrogens is 278 g/mol. The van der Waals surface area contributed by atoms with Gasteiger partial charge in [-0.2, -0.15) is 0 Å². The lowest BCUT2D eigenvalue weighted by Crippen LogP contribution is -2.35. The molecule has 1 aromatic rings. The van der Waals surface area contributed by atoms with Gasteiger partial charge < -0.3 is 10.9 Å². The molecule has 0 saturated heterocycles. The van der Waals surface area contributed by atoms with Gasteiger partial charge in [0.25, 0.3) is 0 Å². The van der Waals surface area contributed by atoms with E-state index in [0.717, 1.165) is 0 Å². The molecule has 0 spiro atoms. The normalized spacial score (nSPS) is 13.3. The third-order valence-corrected chi connectivity index (χ3v) is 4.92. The average molecular weight is 299 g/mol. The Kier molecular flexibility index (Phi) is 4.65. The highest BCUT2D eigenvalue weighted by atomic mass is 32.2. The predicted molar refractivity (Wildman–Crippen MR) is 80.6 cm³/mol. The van der Waals surface area contributed by atoms with E-state index in [1.807, 2.05) is 20.8 Å². The van der Waals surface area contributed by atoms with E-state index in [4.69, 9.17) is 10.9 Å². The fourth-order valence-electron chi connectivity index (χ4n) is 1.81. The summed E-state index contributed by atoms with van der Waals surface area (Å²) in [7, 11) is -2.03. The van der Waals surface area contributed by atoms with Crippen molar-refractivity contribution in [3.63, 3.8) is 0 Å². The van der Waals surface area contributed by atoms with Crippen LogP contribution in [0.25, 0.3) is 0 Å². The van der Waals surface area contributed by atoms with E-state index in [9.17, 15) is 8.42 Å². The van der Waals surface area contributed by atoms with E-state index in [1.54, 1.807) is 24.3 Å². The van der Waals surface area contributed by atoms with E-state index in [1.165, 1.54) is 11.4 Å². The van der Waals surface area contributed by atoms with E-state index in [2.05, 4.69) is 5.16 Å². The van der Waals surface area contributed by atoms with E-state index < -0.39 is 10.0 Å². The zero-order valence-electron chi connectivity index (χ0n) is 12.2. The van der Waals surface area contributed by atoms with Crippen molar-refractivity contribution in [3.8, 4) is 0 Å². The number of nitrogens with zero attached hydrogens (tertiary/aromatic N) is 2. The molecule has 0 unspecified atom stereocenters. The molecular formula is C13H21N3O3S. The van der Waals surface area contributed by atoms with Gasteiger partial charge in [0.2, 0.25) is 10.0 Å². The highest BCUT2D eigenvalue weighted by Crippen LogP contribution is 2.25. The number of oxime groups is 1. The third-order valence-electron chi connectivity index (χ3n) is 2.66. The summed E-state index contributed by atoms with van der Waals surface area (Å²) in [6.45, 7) is 5.56. The van der Waals surface area contributed by atoms with Crippen LogP contribution in [-0.2, 0) is 10.0 Å². The first-order chi connectivity index (χ1) is 9.08. The van der Waals surface area contributed by atoms with Crippen molar-refractivity contribution in [3.05, 3.63) is 29.8 Å². The van der Waals surface area contributed by atoms with Gasteiger partial charge in [-0.1, -0.05) is 38.1 Å². The molecule has 0 aliphatic carbocycles. The van der Waals surface area contributed by atoms with Crippen LogP contribution in [0.5, 0.6) is 0 Å². The van der Waals surface area contributed by atoms with Crippen LogP contribution in [0.2, 0.25) is 0 Å². The average Bonchev–Trinajstić information content (AvgIpc) is 2.34. The zero-order chi connectivity index (χ0) is 15.6. The maximum Gasteiger partial charge on any atom is 0.235 e. The van der Waals surface area contributed by atoms with Gasteiger partial charge in [0.05, 0.1) is 11.4 Å². The summed E-state index contributed by atoms with van der Waals surface area (Å²) in [6.07, 6.45) is 0. The number of amidine groups is 1. The van der Waals surface area contributed by atoms with Crippen LogP contribution >= 0.6 is 0 Å². The Morgan fingerprint density at radius 1 is 1.35 bits per heavy atom. The standard InChI is InChI=1S/C13H21N3O3S/c1-13(2,3)9-20(18,19)16(4)11-8-6-5-7-10(11)12(14)15-17/h5-8,17H,9H2,1-4H3,(H2,14,15). The number of anilines is 1. The van der Waals surface area contributed by atoms with Crippen molar-refractivity contribution in [1.29, 1.82) is 0 Å². The van der Waals surface area contributed by atoms with E-state index >= 15 is 0 Å². The maximum absolute atomic E-state index is 12.4. The van der Waals surface area contributed by atoms with Gasteiger partial charge in [-0.25, -0.2) is 8.42 Å². The SMILES string of the molecule is CN(c1ccccc1/C(N)=N/O)S(=O)(=O)CC(C)(C)C. The minimum Gasteiger partial charge on any atom is -0.409 e. The number of nitrogens with two attached hydrogens (primary N) is 1. The molecule has 112 valence electrons. The van der Waals surface area contributed by atoms with Crippen LogP contribution in [0.4, 0.5) is 5.69 Å². The molecule has 0 heterocycles. The number of para-hydroxylation sites is 1. The number of hydrogen-bond acceptors (Lipinski definition) is 4. The fourth-order valence-corrected chi connectivity index (χ4v) is 3.56. The first kappa shape index (κ1) is 16.3. The summed E-state index contributed by atoms with van der Waals surface area (Å²) in [6, 6.07) is 6.62. The quantitative estimate of drug-likeness (QED) is 0.382. The predicted octanol–water partition coefficient (Wildman–Crippen LogP) is 1.59. The lowest BCUT2D eigenvalue weighted by Gasteiger charge is -2.26. The molecule has 6 nitrogen and oxygen atoms in total. The van der Waals surface area contributed by atoms with Gasteiger partial charge >= 0.3 is 0 Å². The van der Waals surface area contributed by atoms with Crippen molar-refractivity contribution in [1.82, 2.24) is 0 Å². The molecule has 0 aromatic heterocycles. The van der Waals surface area contributed by atoms with Gasteiger partial charge in [-0.3, -0.25) is 4.31 Å². The minimum atomic E-state index is -3.49. The molecule has 7 heteroatoms. The smallest absolute Gasteiger partial charge is 0.235 e. The first-order valence-electron chi connectivity index (χ1n) is 6.12. The van der Waals surface area contributed by atoms with Crippen molar-refractivity contribution in [2.45, 2.75) is 20.8 Å². The number of hydrogen-bond donors (Lipinski definition) is 2. The second kappa shape index (κ2) is 5.70. The summed E-state index contributed by atoms with van der Waals surface area (Å²) in [5, 5.41) is 11.7. The first-order valence-corrected chi connectivity index (χ1v) is 7.73. The van der Waals surface area contributed by atoms with Gasteiger partial charge in [0.1, 0.15) is 0 Å². The Balaban J connectivity index is 3.26. The summed E-state index contributed by atoms with van der Waals surface area (Å²) >= 11 is 0. The van der Waals surface area contributed by atoms with Gasteiger partial charge in [-0.05, 0) is 17.5 Å². The molecule has 0 amide bonds. The van der Waals surface area contributed by atoms with Crippen LogP contribution in [0.15, 0.2) is 29.4 Å². The molecule has 0 bridgehead atoms. The van der Waals surface area contributed by atoms with Crippen LogP contribution in [0, 0.1) is 5.41 Å². The lowest BCUT2D eigenvalue weighted by atomic mass is 10.0. The summed E-state index contributed by atoms with van der Waals surface area (Å²) in [4.78, 5) is 0. The van der Waals surface area contributed by atoms with Gasteiger partial charge in [-0.15, -0.1) is 0 Å². The van der Waals surface area contributed by atoms with Crippen LogP contribution in [0.3, 0.4) is 0 Å². The highest BCUT2D eigenvalue weighted by molar-refractivity contribution is 7.92. The summed E-state index contributed by atoms with van der Waals surface area (Å²) < 4.78 is 26.0. The van der Waals surface area contributed by atoms with Crippen molar-refractivity contribution in [2.75, 3.05) is 17.1 Å². The fraction of sp³-hybridized carbons (Fsp3) is 0.462. The Morgan fingerprint density at radius 2 is 1.90 bits per heavy atom. The van der Waals surface area contributed by atoms with Gasteiger partial charge in [0.15, 0.2) is 5.84 Å². The Bertz CT molecular complexity index is 604. The molecule has 0 aliphatic heterocycles. The largest absolute Gasteiger partial charge is 0.409 e. The Labute approximate surface area is 119 Å². The number of benzene rings is 1. The molecule has 0 radical (unpaired) electrons. The minimum absolute atomic E-state index is 0.000999. The monoisotopic (exact) mass is 299 g/mol. The molecule has 0 atom stereocenters. The summed E-state index contributed by atoms with van der Waals surface area (Å²) in [5.41, 5.74) is 5.97. The molecule has 0 fully saturated rings. The van der Waals surface area contributed by atoms with E-state index in [0.29, 0.717) is 11.3 Å². The molecule has 0 saturated carbocycles. The van der Waals surface area contributed by atoms with Crippen molar-refractivity contribution < 1.29 is 13.6 Å². The number of sulfonamides is 1.